The lowest BCUT2D eigenvalue weighted by Crippen LogP contribution is -2.22. The molecule has 0 unspecified atom stereocenters. The Morgan fingerprint density at radius 2 is 1.83 bits per heavy atom. The fourth-order valence-corrected chi connectivity index (χ4v) is 3.00. The summed E-state index contributed by atoms with van der Waals surface area (Å²) in [6, 6.07) is 13.0. The van der Waals surface area contributed by atoms with Crippen molar-refractivity contribution in [2.45, 2.75) is 32.7 Å². The third kappa shape index (κ3) is 4.94. The molecule has 0 atom stereocenters. The van der Waals surface area contributed by atoms with Crippen LogP contribution >= 0.6 is 11.6 Å². The van der Waals surface area contributed by atoms with Crippen LogP contribution in [-0.4, -0.2) is 15.7 Å². The summed E-state index contributed by atoms with van der Waals surface area (Å²) in [5, 5.41) is 6.78. The maximum atomic E-state index is 13.4. The van der Waals surface area contributed by atoms with E-state index >= 15 is 0 Å². The molecule has 0 radical (unpaired) electrons. The molecule has 0 aliphatic heterocycles. The number of alkyl halides is 3. The average Bonchev–Trinajstić information content (AvgIpc) is 3.15. The molecule has 1 amide bonds. The second-order valence-electron chi connectivity index (χ2n) is 6.80. The number of benzene rings is 2. The summed E-state index contributed by atoms with van der Waals surface area (Å²) < 4.78 is 46.8. The van der Waals surface area contributed by atoms with Crippen LogP contribution in [0.3, 0.4) is 0 Å². The second-order valence-corrected chi connectivity index (χ2v) is 7.21. The Labute approximate surface area is 176 Å². The predicted molar refractivity (Wildman–Crippen MR) is 108 cm³/mol. The van der Waals surface area contributed by atoms with Gasteiger partial charge in [-0.05, 0) is 44.2 Å². The summed E-state index contributed by atoms with van der Waals surface area (Å²) in [5.74, 6) is -0.365. The highest BCUT2D eigenvalue weighted by Crippen LogP contribution is 2.34. The molecule has 9 heteroatoms. The van der Waals surface area contributed by atoms with Gasteiger partial charge in [-0.15, -0.1) is 0 Å². The van der Waals surface area contributed by atoms with E-state index in [1.54, 1.807) is 44.2 Å². The number of rotatable bonds is 6. The van der Waals surface area contributed by atoms with E-state index in [4.69, 9.17) is 16.3 Å². The molecule has 0 spiro atoms. The van der Waals surface area contributed by atoms with Crippen molar-refractivity contribution in [1.82, 2.24) is 9.78 Å². The summed E-state index contributed by atoms with van der Waals surface area (Å²) in [5.41, 5.74) is -0.459. The molecule has 0 saturated carbocycles. The quantitative estimate of drug-likeness (QED) is 0.517. The normalized spacial score (nSPS) is 11.6. The van der Waals surface area contributed by atoms with Crippen molar-refractivity contribution in [2.24, 2.45) is 0 Å². The van der Waals surface area contributed by atoms with E-state index < -0.39 is 29.4 Å². The number of ether oxygens (including phenoxy) is 1. The molecule has 30 heavy (non-hydrogen) atoms. The minimum Gasteiger partial charge on any atom is -0.489 e. The third-order valence-electron chi connectivity index (χ3n) is 4.26. The Kier molecular flexibility index (Phi) is 6.36. The van der Waals surface area contributed by atoms with E-state index in [-0.39, 0.29) is 6.61 Å². The lowest BCUT2D eigenvalue weighted by molar-refractivity contribution is -0.145. The van der Waals surface area contributed by atoms with Gasteiger partial charge in [-0.3, -0.25) is 9.48 Å². The number of anilines is 1. The number of halogens is 4. The summed E-state index contributed by atoms with van der Waals surface area (Å²) in [7, 11) is 0. The van der Waals surface area contributed by atoms with Crippen LogP contribution in [0.4, 0.5) is 18.9 Å². The van der Waals surface area contributed by atoms with E-state index in [1.807, 2.05) is 18.2 Å². The monoisotopic (exact) mass is 437 g/mol. The first-order chi connectivity index (χ1) is 14.2. The van der Waals surface area contributed by atoms with Gasteiger partial charge in [0.2, 0.25) is 0 Å². The van der Waals surface area contributed by atoms with Gasteiger partial charge in [0, 0.05) is 22.3 Å². The van der Waals surface area contributed by atoms with E-state index in [9.17, 15) is 18.0 Å². The van der Waals surface area contributed by atoms with Gasteiger partial charge in [0.1, 0.15) is 12.4 Å². The molecule has 0 bridgehead atoms. The van der Waals surface area contributed by atoms with Crippen molar-refractivity contribution >= 4 is 23.2 Å². The minimum atomic E-state index is -4.70. The summed E-state index contributed by atoms with van der Waals surface area (Å²) in [6.45, 7) is 3.38. The van der Waals surface area contributed by atoms with E-state index in [2.05, 4.69) is 10.4 Å². The fraction of sp³-hybridized carbons (Fsp3) is 0.238. The SMILES string of the molecule is CC(C)n1ncc(C(=O)Nc2ccc(OCc3ccccc3Cl)cc2)c1C(F)(F)F. The molecule has 5 nitrogen and oxygen atoms in total. The zero-order valence-corrected chi connectivity index (χ0v) is 17.0. The highest BCUT2D eigenvalue weighted by atomic mass is 35.5. The largest absolute Gasteiger partial charge is 0.489 e. The van der Waals surface area contributed by atoms with E-state index in [1.165, 1.54) is 0 Å². The van der Waals surface area contributed by atoms with Crippen LogP contribution < -0.4 is 10.1 Å². The number of hydrogen-bond acceptors (Lipinski definition) is 3. The van der Waals surface area contributed by atoms with Crippen molar-refractivity contribution in [3.05, 3.63) is 76.6 Å². The molecule has 1 N–H and O–H groups in total. The molecule has 3 rings (SSSR count). The van der Waals surface area contributed by atoms with E-state index in [0.29, 0.717) is 16.5 Å². The highest BCUT2D eigenvalue weighted by molar-refractivity contribution is 6.31. The highest BCUT2D eigenvalue weighted by Gasteiger charge is 2.40. The molecular formula is C21H19ClF3N3O2. The Hall–Kier alpha value is -3.00. The minimum absolute atomic E-state index is 0.259. The zero-order valence-electron chi connectivity index (χ0n) is 16.2. The van der Waals surface area contributed by atoms with Crippen molar-refractivity contribution < 1.29 is 22.7 Å². The molecule has 2 aromatic carbocycles. The van der Waals surface area contributed by atoms with Crippen LogP contribution in [-0.2, 0) is 12.8 Å². The summed E-state index contributed by atoms with van der Waals surface area (Å²) >= 11 is 6.08. The standard InChI is InChI=1S/C21H19ClF3N3O2/c1-13(2)28-19(21(23,24)25)17(11-26-28)20(29)27-15-7-9-16(10-8-15)30-12-14-5-3-4-6-18(14)22/h3-11,13H,12H2,1-2H3,(H,27,29). The molecular weight excluding hydrogens is 419 g/mol. The lowest BCUT2D eigenvalue weighted by Gasteiger charge is -2.15. The van der Waals surface area contributed by atoms with Crippen LogP contribution in [0.25, 0.3) is 0 Å². The molecule has 1 aromatic heterocycles. The van der Waals surface area contributed by atoms with Crippen molar-refractivity contribution in [1.29, 1.82) is 0 Å². The smallest absolute Gasteiger partial charge is 0.433 e. The third-order valence-corrected chi connectivity index (χ3v) is 4.63. The van der Waals surface area contributed by atoms with Crippen LogP contribution in [0.2, 0.25) is 5.02 Å². The number of hydrogen-bond donors (Lipinski definition) is 1. The molecule has 0 aliphatic carbocycles. The molecule has 3 aromatic rings. The first kappa shape index (κ1) is 21.7. The predicted octanol–water partition coefficient (Wildman–Crippen LogP) is 5.97. The topological polar surface area (TPSA) is 56.2 Å². The van der Waals surface area contributed by atoms with Crippen LogP contribution in [0, 0.1) is 0 Å². The Balaban J connectivity index is 1.70. The van der Waals surface area contributed by atoms with Crippen molar-refractivity contribution in [2.75, 3.05) is 5.32 Å². The molecule has 0 saturated heterocycles. The van der Waals surface area contributed by atoms with Gasteiger partial charge in [0.15, 0.2) is 5.69 Å². The Morgan fingerprint density at radius 1 is 1.17 bits per heavy atom. The maximum Gasteiger partial charge on any atom is 0.433 e. The molecule has 158 valence electrons. The van der Waals surface area contributed by atoms with Gasteiger partial charge >= 0.3 is 6.18 Å². The van der Waals surface area contributed by atoms with Gasteiger partial charge in [-0.1, -0.05) is 29.8 Å². The van der Waals surface area contributed by atoms with Crippen molar-refractivity contribution in [3.63, 3.8) is 0 Å². The molecule has 0 fully saturated rings. The van der Waals surface area contributed by atoms with E-state index in [0.717, 1.165) is 16.4 Å². The first-order valence-electron chi connectivity index (χ1n) is 9.09. The van der Waals surface area contributed by atoms with Crippen LogP contribution in [0.5, 0.6) is 5.75 Å². The van der Waals surface area contributed by atoms with Gasteiger partial charge in [-0.2, -0.15) is 18.3 Å². The number of carbonyl (C=O) groups is 1. The fourth-order valence-electron chi connectivity index (χ4n) is 2.81. The summed E-state index contributed by atoms with van der Waals surface area (Å²) in [4.78, 5) is 12.4. The van der Waals surface area contributed by atoms with Gasteiger partial charge < -0.3 is 10.1 Å². The second kappa shape index (κ2) is 8.79. The first-order valence-corrected chi connectivity index (χ1v) is 9.47. The zero-order chi connectivity index (χ0) is 21.9. The summed E-state index contributed by atoms with van der Waals surface area (Å²) in [6.07, 6.45) is -3.77. The van der Waals surface area contributed by atoms with Gasteiger partial charge in [0.05, 0.1) is 11.8 Å². The average molecular weight is 438 g/mol. The number of amides is 1. The Bertz CT molecular complexity index is 1030. The maximum absolute atomic E-state index is 13.4. The van der Waals surface area contributed by atoms with Crippen LogP contribution in [0.15, 0.2) is 54.7 Å². The lowest BCUT2D eigenvalue weighted by atomic mass is 10.2. The number of nitrogens with zero attached hydrogens (tertiary/aromatic N) is 2. The Morgan fingerprint density at radius 3 is 2.43 bits per heavy atom. The number of carbonyl (C=O) groups excluding carboxylic acids is 1. The van der Waals surface area contributed by atoms with Crippen molar-refractivity contribution in [3.8, 4) is 5.75 Å². The van der Waals surface area contributed by atoms with Gasteiger partial charge in [0.25, 0.3) is 5.91 Å². The van der Waals surface area contributed by atoms with Crippen LogP contribution in [0.1, 0.15) is 41.5 Å². The molecule has 1 heterocycles. The number of aromatic nitrogens is 2. The number of nitrogens with one attached hydrogen (secondary N) is 1. The molecule has 0 aliphatic rings. The van der Waals surface area contributed by atoms with Gasteiger partial charge in [-0.25, -0.2) is 0 Å².